The van der Waals surface area contributed by atoms with Gasteiger partial charge in [0.25, 0.3) is 0 Å². The third-order valence-corrected chi connectivity index (χ3v) is 3.67. The Morgan fingerprint density at radius 3 is 2.71 bits per heavy atom. The molecule has 0 aliphatic carbocycles. The number of hydrogen-bond acceptors (Lipinski definition) is 2. The third-order valence-electron chi connectivity index (χ3n) is 3.67. The second kappa shape index (κ2) is 7.46. The molecule has 0 atom stereocenters. The van der Waals surface area contributed by atoms with E-state index < -0.39 is 0 Å². The molecule has 2 N–H and O–H groups in total. The number of amides is 2. The van der Waals surface area contributed by atoms with Crippen molar-refractivity contribution >= 4 is 11.8 Å². The van der Waals surface area contributed by atoms with Crippen molar-refractivity contribution < 1.29 is 4.79 Å². The van der Waals surface area contributed by atoms with E-state index in [1.54, 1.807) is 16.9 Å². The Morgan fingerprint density at radius 2 is 1.92 bits per heavy atom. The number of anilines is 1. The Kier molecular flexibility index (Phi) is 4.91. The van der Waals surface area contributed by atoms with Gasteiger partial charge in [0, 0.05) is 12.6 Å². The molecule has 3 rings (SSSR count). The maximum atomic E-state index is 12.1. The number of urea groups is 1. The van der Waals surface area contributed by atoms with Gasteiger partial charge in [-0.05, 0) is 31.0 Å². The summed E-state index contributed by atoms with van der Waals surface area (Å²) in [6.45, 7) is 2.64. The lowest BCUT2D eigenvalue weighted by atomic mass is 10.1. The average molecular weight is 320 g/mol. The second-order valence-electron chi connectivity index (χ2n) is 5.58. The molecule has 0 spiro atoms. The van der Waals surface area contributed by atoms with Gasteiger partial charge in [-0.2, -0.15) is 5.10 Å². The molecule has 0 radical (unpaired) electrons. The Morgan fingerprint density at radius 1 is 1.08 bits per heavy atom. The minimum atomic E-state index is -0.236. The van der Waals surface area contributed by atoms with Crippen LogP contribution in [-0.2, 0) is 6.42 Å². The van der Waals surface area contributed by atoms with Crippen LogP contribution in [0.2, 0.25) is 0 Å². The molecule has 0 aliphatic rings. The summed E-state index contributed by atoms with van der Waals surface area (Å²) in [7, 11) is 0. The maximum Gasteiger partial charge on any atom is 0.320 e. The van der Waals surface area contributed by atoms with Crippen LogP contribution in [0.3, 0.4) is 0 Å². The van der Waals surface area contributed by atoms with Gasteiger partial charge in [-0.15, -0.1) is 0 Å². The number of nitrogens with one attached hydrogen (secondary N) is 2. The molecular formula is C19H20N4O. The molecule has 122 valence electrons. The van der Waals surface area contributed by atoms with E-state index >= 15 is 0 Å². The van der Waals surface area contributed by atoms with Crippen molar-refractivity contribution in [1.82, 2.24) is 15.1 Å². The Labute approximate surface area is 141 Å². The maximum absolute atomic E-state index is 12.1. The first-order valence-electron chi connectivity index (χ1n) is 7.92. The highest BCUT2D eigenvalue weighted by Crippen LogP contribution is 2.14. The Hall–Kier alpha value is -3.08. The van der Waals surface area contributed by atoms with Gasteiger partial charge in [-0.3, -0.25) is 5.32 Å². The number of hydrogen-bond donors (Lipinski definition) is 2. The van der Waals surface area contributed by atoms with Gasteiger partial charge in [0.15, 0.2) is 0 Å². The molecule has 1 aromatic heterocycles. The number of rotatable bonds is 5. The number of carbonyl (C=O) groups excluding carboxylic acids is 1. The normalized spacial score (nSPS) is 10.4. The zero-order valence-electron chi connectivity index (χ0n) is 13.6. The summed E-state index contributed by atoms with van der Waals surface area (Å²) in [5.41, 5.74) is 3.34. The van der Waals surface area contributed by atoms with Crippen molar-refractivity contribution in [3.05, 3.63) is 78.0 Å². The van der Waals surface area contributed by atoms with Crippen molar-refractivity contribution in [1.29, 1.82) is 0 Å². The lowest BCUT2D eigenvalue weighted by Crippen LogP contribution is -2.31. The van der Waals surface area contributed by atoms with Crippen LogP contribution in [0.15, 0.2) is 66.9 Å². The van der Waals surface area contributed by atoms with Crippen LogP contribution in [0.4, 0.5) is 10.6 Å². The van der Waals surface area contributed by atoms with Crippen LogP contribution in [-0.4, -0.2) is 22.4 Å². The number of nitrogens with zero attached hydrogens (tertiary/aromatic N) is 2. The highest BCUT2D eigenvalue weighted by molar-refractivity contribution is 5.88. The van der Waals surface area contributed by atoms with Crippen LogP contribution in [0.5, 0.6) is 0 Å². The number of carbonyl (C=O) groups is 1. The summed E-state index contributed by atoms with van der Waals surface area (Å²) in [5.74, 6) is 0.634. The topological polar surface area (TPSA) is 59.0 Å². The predicted octanol–water partition coefficient (Wildman–Crippen LogP) is 3.54. The first-order chi connectivity index (χ1) is 11.7. The first-order valence-corrected chi connectivity index (χ1v) is 7.92. The minimum Gasteiger partial charge on any atom is -0.337 e. The van der Waals surface area contributed by atoms with E-state index in [4.69, 9.17) is 0 Å². The first kappa shape index (κ1) is 15.8. The van der Waals surface area contributed by atoms with Crippen LogP contribution >= 0.6 is 0 Å². The van der Waals surface area contributed by atoms with E-state index in [0.29, 0.717) is 12.4 Å². The van der Waals surface area contributed by atoms with E-state index in [1.165, 1.54) is 11.1 Å². The van der Waals surface area contributed by atoms with Crippen LogP contribution in [0.25, 0.3) is 5.69 Å². The van der Waals surface area contributed by atoms with Gasteiger partial charge in [0.2, 0.25) is 0 Å². The van der Waals surface area contributed by atoms with E-state index in [1.807, 2.05) is 36.4 Å². The zero-order chi connectivity index (χ0) is 16.8. The van der Waals surface area contributed by atoms with Crippen LogP contribution in [0.1, 0.15) is 11.1 Å². The largest absolute Gasteiger partial charge is 0.337 e. The lowest BCUT2D eigenvalue weighted by Gasteiger charge is -2.10. The summed E-state index contributed by atoms with van der Waals surface area (Å²) < 4.78 is 1.69. The highest BCUT2D eigenvalue weighted by atomic mass is 16.2. The predicted molar refractivity (Wildman–Crippen MR) is 95.5 cm³/mol. The fraction of sp³-hybridized carbons (Fsp3) is 0.158. The monoisotopic (exact) mass is 320 g/mol. The molecular weight excluding hydrogens is 300 g/mol. The molecule has 5 nitrogen and oxygen atoms in total. The number of aryl methyl sites for hydroxylation is 1. The smallest absolute Gasteiger partial charge is 0.320 e. The van der Waals surface area contributed by atoms with Crippen molar-refractivity contribution in [2.45, 2.75) is 13.3 Å². The number of para-hydroxylation sites is 1. The molecule has 0 saturated carbocycles. The van der Waals surface area contributed by atoms with Crippen molar-refractivity contribution in [2.24, 2.45) is 0 Å². The van der Waals surface area contributed by atoms with E-state index in [9.17, 15) is 4.79 Å². The fourth-order valence-corrected chi connectivity index (χ4v) is 2.52. The van der Waals surface area contributed by atoms with Crippen LogP contribution in [0, 0.1) is 6.92 Å². The highest BCUT2D eigenvalue weighted by Gasteiger charge is 2.08. The molecule has 0 fully saturated rings. The molecule has 0 bridgehead atoms. The Balaban J connectivity index is 1.55. The van der Waals surface area contributed by atoms with Crippen molar-refractivity contribution in [3.63, 3.8) is 0 Å². The SMILES string of the molecule is Cc1cccc(CCNC(=O)Nc2ccnn2-c2ccccc2)c1. The van der Waals surface area contributed by atoms with Gasteiger partial charge in [0.1, 0.15) is 5.82 Å². The summed E-state index contributed by atoms with van der Waals surface area (Å²) in [6.07, 6.45) is 2.46. The molecule has 2 amide bonds. The summed E-state index contributed by atoms with van der Waals surface area (Å²) in [6, 6.07) is 19.5. The quantitative estimate of drug-likeness (QED) is 0.755. The lowest BCUT2D eigenvalue weighted by molar-refractivity contribution is 0.252. The van der Waals surface area contributed by atoms with Gasteiger partial charge >= 0.3 is 6.03 Å². The molecule has 3 aromatic rings. The number of aromatic nitrogens is 2. The van der Waals surface area contributed by atoms with Crippen LogP contribution < -0.4 is 10.6 Å². The van der Waals surface area contributed by atoms with E-state index in [0.717, 1.165) is 12.1 Å². The zero-order valence-corrected chi connectivity index (χ0v) is 13.6. The van der Waals surface area contributed by atoms with E-state index in [2.05, 4.69) is 40.9 Å². The third kappa shape index (κ3) is 4.01. The molecule has 0 aliphatic heterocycles. The molecule has 0 unspecified atom stereocenters. The molecule has 1 heterocycles. The second-order valence-corrected chi connectivity index (χ2v) is 5.58. The van der Waals surface area contributed by atoms with Gasteiger partial charge in [-0.25, -0.2) is 9.48 Å². The molecule has 2 aromatic carbocycles. The summed E-state index contributed by atoms with van der Waals surface area (Å²) in [4.78, 5) is 12.1. The average Bonchev–Trinajstić information content (AvgIpc) is 3.04. The minimum absolute atomic E-state index is 0.236. The molecule has 5 heteroatoms. The van der Waals surface area contributed by atoms with Crippen molar-refractivity contribution in [3.8, 4) is 5.69 Å². The fourth-order valence-electron chi connectivity index (χ4n) is 2.52. The molecule has 0 saturated heterocycles. The summed E-state index contributed by atoms with van der Waals surface area (Å²) >= 11 is 0. The van der Waals surface area contributed by atoms with Gasteiger partial charge in [-0.1, -0.05) is 48.0 Å². The standard InChI is InChI=1S/C19H20N4O/c1-15-6-5-7-16(14-15)10-12-20-19(24)22-18-11-13-21-23(18)17-8-3-2-4-9-17/h2-9,11,13-14H,10,12H2,1H3,(H2,20,22,24). The number of benzene rings is 2. The molecule has 24 heavy (non-hydrogen) atoms. The van der Waals surface area contributed by atoms with E-state index in [-0.39, 0.29) is 6.03 Å². The Bertz CT molecular complexity index is 811. The van der Waals surface area contributed by atoms with Gasteiger partial charge < -0.3 is 5.32 Å². The summed E-state index contributed by atoms with van der Waals surface area (Å²) in [5, 5.41) is 9.96. The van der Waals surface area contributed by atoms with Gasteiger partial charge in [0.05, 0.1) is 11.9 Å². The van der Waals surface area contributed by atoms with Crippen molar-refractivity contribution in [2.75, 3.05) is 11.9 Å².